The molecule has 1 heterocycles. The van der Waals surface area contributed by atoms with Crippen molar-refractivity contribution in [3.63, 3.8) is 0 Å². The van der Waals surface area contributed by atoms with Crippen molar-refractivity contribution in [3.8, 4) is 0 Å². The van der Waals surface area contributed by atoms with Crippen molar-refractivity contribution in [1.82, 2.24) is 9.97 Å². The van der Waals surface area contributed by atoms with E-state index in [1.54, 1.807) is 0 Å². The third-order valence-electron chi connectivity index (χ3n) is 3.93. The number of fused-ring (bicyclic) bond motifs is 1. The number of aryl methyl sites for hydroxylation is 1. The van der Waals surface area contributed by atoms with Crippen LogP contribution in [0.1, 0.15) is 23.2 Å². The lowest BCUT2D eigenvalue weighted by Crippen LogP contribution is -2.20. The van der Waals surface area contributed by atoms with Crippen LogP contribution < -0.4 is 11.5 Å². The van der Waals surface area contributed by atoms with Gasteiger partial charge in [-0.05, 0) is 49.3 Å². The summed E-state index contributed by atoms with van der Waals surface area (Å²) in [6, 6.07) is 5.79. The Bertz CT molecular complexity index is 688. The van der Waals surface area contributed by atoms with Crippen LogP contribution in [0.4, 0.5) is 11.8 Å². The zero-order valence-electron chi connectivity index (χ0n) is 11.4. The molecule has 0 amide bonds. The van der Waals surface area contributed by atoms with Crippen molar-refractivity contribution in [2.45, 2.75) is 25.7 Å². The van der Waals surface area contributed by atoms with Crippen molar-refractivity contribution in [2.75, 3.05) is 11.5 Å². The smallest absolute Gasteiger partial charge is 0.222 e. The molecule has 4 N–H and O–H groups in total. The SMILES string of the molecule is Nc1nc(N)c2c(n1)CCC(Cc1ccc(Cl)c(Cl)c1)C2. The van der Waals surface area contributed by atoms with Gasteiger partial charge in [0.2, 0.25) is 5.95 Å². The number of anilines is 2. The quantitative estimate of drug-likeness (QED) is 0.889. The van der Waals surface area contributed by atoms with E-state index in [2.05, 4.69) is 9.97 Å². The van der Waals surface area contributed by atoms with E-state index in [0.29, 0.717) is 21.8 Å². The Morgan fingerprint density at radius 3 is 2.71 bits per heavy atom. The molecule has 0 bridgehead atoms. The van der Waals surface area contributed by atoms with Crippen LogP contribution in [0.25, 0.3) is 0 Å². The molecule has 0 spiro atoms. The standard InChI is InChI=1S/C15H16Cl2N4/c16-11-3-1-9(7-12(11)17)5-8-2-4-13-10(6-8)14(18)21-15(19)20-13/h1,3,7-8H,2,4-6H2,(H4,18,19,20,21). The van der Waals surface area contributed by atoms with Gasteiger partial charge in [-0.3, -0.25) is 0 Å². The van der Waals surface area contributed by atoms with Crippen molar-refractivity contribution in [1.29, 1.82) is 0 Å². The highest BCUT2D eigenvalue weighted by molar-refractivity contribution is 6.42. The zero-order valence-corrected chi connectivity index (χ0v) is 13.0. The molecule has 4 nitrogen and oxygen atoms in total. The fraction of sp³-hybridized carbons (Fsp3) is 0.333. The van der Waals surface area contributed by atoms with Crippen LogP contribution in [0.2, 0.25) is 10.0 Å². The second-order valence-corrected chi connectivity index (χ2v) is 6.27. The summed E-state index contributed by atoms with van der Waals surface area (Å²) in [5, 5.41) is 1.18. The van der Waals surface area contributed by atoms with Gasteiger partial charge in [-0.25, -0.2) is 4.98 Å². The van der Waals surface area contributed by atoms with E-state index in [1.165, 1.54) is 5.56 Å². The van der Waals surface area contributed by atoms with E-state index in [4.69, 9.17) is 34.7 Å². The van der Waals surface area contributed by atoms with Gasteiger partial charge in [-0.2, -0.15) is 4.98 Å². The number of benzene rings is 1. The third-order valence-corrected chi connectivity index (χ3v) is 4.67. The lowest BCUT2D eigenvalue weighted by molar-refractivity contribution is 0.450. The molecule has 0 fully saturated rings. The molecule has 0 radical (unpaired) electrons. The molecular weight excluding hydrogens is 307 g/mol. The van der Waals surface area contributed by atoms with E-state index in [0.717, 1.165) is 36.9 Å². The van der Waals surface area contributed by atoms with Crippen LogP contribution in [-0.4, -0.2) is 9.97 Å². The van der Waals surface area contributed by atoms with Gasteiger partial charge in [0.05, 0.1) is 15.7 Å². The normalized spacial score (nSPS) is 17.5. The Hall–Kier alpha value is -1.52. The Kier molecular flexibility index (Phi) is 3.91. The summed E-state index contributed by atoms with van der Waals surface area (Å²) in [7, 11) is 0. The summed E-state index contributed by atoms with van der Waals surface area (Å²) < 4.78 is 0. The lowest BCUT2D eigenvalue weighted by atomic mass is 9.83. The van der Waals surface area contributed by atoms with Crippen LogP contribution in [0.3, 0.4) is 0 Å². The van der Waals surface area contributed by atoms with Crippen molar-refractivity contribution in [2.24, 2.45) is 5.92 Å². The van der Waals surface area contributed by atoms with Gasteiger partial charge in [0, 0.05) is 5.56 Å². The number of halogens is 2. The Labute approximate surface area is 133 Å². The fourth-order valence-corrected chi connectivity index (χ4v) is 3.23. The Morgan fingerprint density at radius 1 is 1.14 bits per heavy atom. The fourth-order valence-electron chi connectivity index (χ4n) is 2.90. The van der Waals surface area contributed by atoms with Crippen molar-refractivity contribution >= 4 is 35.0 Å². The van der Waals surface area contributed by atoms with Crippen LogP contribution in [-0.2, 0) is 19.3 Å². The first-order valence-corrected chi connectivity index (χ1v) is 7.63. The summed E-state index contributed by atoms with van der Waals surface area (Å²) in [6.07, 6.45) is 3.77. The van der Waals surface area contributed by atoms with Crippen LogP contribution >= 0.6 is 23.2 Å². The van der Waals surface area contributed by atoms with Gasteiger partial charge in [-0.1, -0.05) is 29.3 Å². The number of hydrogen-bond acceptors (Lipinski definition) is 4. The average molecular weight is 323 g/mol. The highest BCUT2D eigenvalue weighted by Crippen LogP contribution is 2.31. The molecule has 3 rings (SSSR count). The molecule has 2 aromatic rings. The molecule has 0 saturated carbocycles. The molecular formula is C15H16Cl2N4. The number of nitrogen functional groups attached to an aromatic ring is 2. The van der Waals surface area contributed by atoms with E-state index < -0.39 is 0 Å². The largest absolute Gasteiger partial charge is 0.383 e. The molecule has 1 aliphatic rings. The first-order valence-electron chi connectivity index (χ1n) is 6.87. The van der Waals surface area contributed by atoms with Gasteiger partial charge < -0.3 is 11.5 Å². The average Bonchev–Trinajstić information content (AvgIpc) is 2.43. The van der Waals surface area contributed by atoms with Crippen LogP contribution in [0, 0.1) is 5.92 Å². The van der Waals surface area contributed by atoms with Crippen molar-refractivity contribution < 1.29 is 0 Å². The first kappa shape index (κ1) is 14.4. The lowest BCUT2D eigenvalue weighted by Gasteiger charge is -2.25. The summed E-state index contributed by atoms with van der Waals surface area (Å²) in [5.41, 5.74) is 14.8. The first-order chi connectivity index (χ1) is 10.0. The van der Waals surface area contributed by atoms with Crippen LogP contribution in [0.15, 0.2) is 18.2 Å². The van der Waals surface area contributed by atoms with Gasteiger partial charge in [-0.15, -0.1) is 0 Å². The summed E-state index contributed by atoms with van der Waals surface area (Å²) >= 11 is 12.0. The second kappa shape index (κ2) is 5.70. The summed E-state index contributed by atoms with van der Waals surface area (Å²) in [5.74, 6) is 1.27. The minimum Gasteiger partial charge on any atom is -0.383 e. The van der Waals surface area contributed by atoms with E-state index in [-0.39, 0.29) is 5.95 Å². The zero-order chi connectivity index (χ0) is 15.0. The molecule has 110 valence electrons. The molecule has 1 aliphatic carbocycles. The molecule has 0 aliphatic heterocycles. The third kappa shape index (κ3) is 3.06. The highest BCUT2D eigenvalue weighted by Gasteiger charge is 2.23. The topological polar surface area (TPSA) is 77.8 Å². The van der Waals surface area contributed by atoms with Gasteiger partial charge in [0.25, 0.3) is 0 Å². The van der Waals surface area contributed by atoms with E-state index in [1.807, 2.05) is 18.2 Å². The molecule has 1 atom stereocenters. The Morgan fingerprint density at radius 2 is 1.95 bits per heavy atom. The second-order valence-electron chi connectivity index (χ2n) is 5.45. The molecule has 6 heteroatoms. The summed E-state index contributed by atoms with van der Waals surface area (Å²) in [6.45, 7) is 0. The molecule has 1 aromatic carbocycles. The van der Waals surface area contributed by atoms with Gasteiger partial charge >= 0.3 is 0 Å². The monoisotopic (exact) mass is 322 g/mol. The maximum absolute atomic E-state index is 6.07. The number of nitrogens with zero attached hydrogens (tertiary/aromatic N) is 2. The Balaban J connectivity index is 1.78. The van der Waals surface area contributed by atoms with E-state index >= 15 is 0 Å². The minimum absolute atomic E-state index is 0.259. The number of nitrogens with two attached hydrogens (primary N) is 2. The molecule has 21 heavy (non-hydrogen) atoms. The maximum atomic E-state index is 6.07. The molecule has 1 aromatic heterocycles. The molecule has 0 saturated heterocycles. The minimum atomic E-state index is 0.259. The number of hydrogen-bond donors (Lipinski definition) is 2. The number of aromatic nitrogens is 2. The predicted octanol–water partition coefficient (Wildman–Crippen LogP) is 3.30. The van der Waals surface area contributed by atoms with Crippen LogP contribution in [0.5, 0.6) is 0 Å². The maximum Gasteiger partial charge on any atom is 0.222 e. The van der Waals surface area contributed by atoms with Gasteiger partial charge in [0.15, 0.2) is 0 Å². The van der Waals surface area contributed by atoms with Crippen molar-refractivity contribution in [3.05, 3.63) is 45.1 Å². The summed E-state index contributed by atoms with van der Waals surface area (Å²) in [4.78, 5) is 8.35. The molecule has 1 unspecified atom stereocenters. The van der Waals surface area contributed by atoms with Gasteiger partial charge in [0.1, 0.15) is 5.82 Å². The predicted molar refractivity (Wildman–Crippen MR) is 86.5 cm³/mol. The van der Waals surface area contributed by atoms with E-state index in [9.17, 15) is 0 Å². The number of rotatable bonds is 2. The highest BCUT2D eigenvalue weighted by atomic mass is 35.5.